The van der Waals surface area contributed by atoms with Gasteiger partial charge in [-0.2, -0.15) is 0 Å². The Morgan fingerprint density at radius 2 is 1.91 bits per heavy atom. The van der Waals surface area contributed by atoms with Gasteiger partial charge in [-0.15, -0.1) is 0 Å². The van der Waals surface area contributed by atoms with Gasteiger partial charge in [0, 0.05) is 17.9 Å². The molecule has 114 valence electrons. The van der Waals surface area contributed by atoms with Crippen molar-refractivity contribution in [3.63, 3.8) is 0 Å². The molecule has 0 unspecified atom stereocenters. The number of ether oxygens (including phenoxy) is 1. The largest absolute Gasteiger partial charge is 0.489 e. The van der Waals surface area contributed by atoms with E-state index in [2.05, 4.69) is 0 Å². The smallest absolute Gasteiger partial charge is 0.183 e. The quantitative estimate of drug-likeness (QED) is 0.759. The van der Waals surface area contributed by atoms with E-state index >= 15 is 0 Å². The van der Waals surface area contributed by atoms with Gasteiger partial charge < -0.3 is 4.74 Å². The van der Waals surface area contributed by atoms with Crippen molar-refractivity contribution in [3.05, 3.63) is 65.5 Å². The number of halogens is 3. The minimum atomic E-state index is -1.50. The van der Waals surface area contributed by atoms with Gasteiger partial charge in [0.05, 0.1) is 0 Å². The molecular weight excluding hydrogens is 326 g/mol. The molecule has 1 aliphatic carbocycles. The van der Waals surface area contributed by atoms with Gasteiger partial charge in [0.2, 0.25) is 0 Å². The van der Waals surface area contributed by atoms with Crippen molar-refractivity contribution in [1.29, 1.82) is 0 Å². The van der Waals surface area contributed by atoms with E-state index in [4.69, 9.17) is 27.9 Å². The molecule has 1 atom stereocenters. The first-order valence-electron chi connectivity index (χ1n) is 6.86. The zero-order valence-corrected chi connectivity index (χ0v) is 13.1. The first-order chi connectivity index (χ1) is 10.5. The van der Waals surface area contributed by atoms with Gasteiger partial charge in [0.1, 0.15) is 18.2 Å². The fraction of sp³-hybridized carbons (Fsp3) is 0.235. The second kappa shape index (κ2) is 5.90. The Hall–Kier alpha value is -1.58. The van der Waals surface area contributed by atoms with Crippen LogP contribution in [-0.4, -0.2) is 10.1 Å². The van der Waals surface area contributed by atoms with Crippen molar-refractivity contribution >= 4 is 29.0 Å². The number of benzene rings is 2. The molecule has 1 saturated carbocycles. The fourth-order valence-electron chi connectivity index (χ4n) is 2.48. The number of Topliss-reactive ketones (excluding diaryl/α,β-unsaturated/α-hetero) is 1. The van der Waals surface area contributed by atoms with E-state index in [9.17, 15) is 9.18 Å². The maximum atomic E-state index is 13.6. The molecule has 0 bridgehead atoms. The van der Waals surface area contributed by atoms with Crippen LogP contribution in [0.5, 0.6) is 5.75 Å². The molecule has 0 radical (unpaired) electrons. The van der Waals surface area contributed by atoms with Crippen LogP contribution in [0.1, 0.15) is 23.5 Å². The van der Waals surface area contributed by atoms with E-state index in [1.807, 2.05) is 30.3 Å². The Morgan fingerprint density at radius 3 is 2.55 bits per heavy atom. The molecule has 0 saturated heterocycles. The van der Waals surface area contributed by atoms with Gasteiger partial charge in [-0.3, -0.25) is 4.79 Å². The summed E-state index contributed by atoms with van der Waals surface area (Å²) in [7, 11) is 0. The summed E-state index contributed by atoms with van der Waals surface area (Å²) in [4.78, 5) is 11.5. The Kier molecular flexibility index (Phi) is 4.11. The lowest BCUT2D eigenvalue weighted by atomic mass is 9.77. The Morgan fingerprint density at radius 1 is 1.18 bits per heavy atom. The summed E-state index contributed by atoms with van der Waals surface area (Å²) in [6.45, 7) is 0.345. The van der Waals surface area contributed by atoms with Crippen molar-refractivity contribution in [1.82, 2.24) is 0 Å². The number of alkyl halides is 2. The molecule has 1 aliphatic rings. The van der Waals surface area contributed by atoms with Crippen LogP contribution in [0.15, 0.2) is 48.5 Å². The fourth-order valence-corrected chi connectivity index (χ4v) is 3.02. The van der Waals surface area contributed by atoms with Gasteiger partial charge in [-0.1, -0.05) is 53.5 Å². The van der Waals surface area contributed by atoms with Crippen molar-refractivity contribution in [2.24, 2.45) is 0 Å². The van der Waals surface area contributed by atoms with Gasteiger partial charge in [0.15, 0.2) is 10.1 Å². The summed E-state index contributed by atoms with van der Waals surface area (Å²) in [6, 6.07) is 13.8. The Labute approximate surface area is 137 Å². The first-order valence-corrected chi connectivity index (χ1v) is 7.61. The van der Waals surface area contributed by atoms with E-state index in [1.165, 1.54) is 12.1 Å². The maximum Gasteiger partial charge on any atom is 0.183 e. The van der Waals surface area contributed by atoms with Crippen LogP contribution in [0, 0.1) is 5.82 Å². The Bertz CT molecular complexity index is 701. The number of ketones is 1. The summed E-state index contributed by atoms with van der Waals surface area (Å²) in [6.07, 6.45) is 0.193. The Balaban J connectivity index is 1.84. The lowest BCUT2D eigenvalue weighted by Gasteiger charge is -2.38. The minimum Gasteiger partial charge on any atom is -0.489 e. The van der Waals surface area contributed by atoms with E-state index < -0.39 is 16.1 Å². The third-order valence-corrected chi connectivity index (χ3v) is 4.73. The molecule has 2 aromatic rings. The molecule has 0 heterocycles. The predicted molar refractivity (Wildman–Crippen MR) is 84.0 cm³/mol. The van der Waals surface area contributed by atoms with Crippen LogP contribution in [-0.2, 0) is 11.4 Å². The van der Waals surface area contributed by atoms with E-state index in [-0.39, 0.29) is 12.2 Å². The zero-order valence-electron chi connectivity index (χ0n) is 11.6. The molecule has 0 aromatic heterocycles. The standard InChI is InChI=1S/C17H13Cl2FO2/c18-17(19)14(9-16(17)21)13-8-12(20)6-7-15(13)22-10-11-4-2-1-3-5-11/h1-8,14H,9-10H2/t14-/m1/s1. The molecular formula is C17H13Cl2FO2. The molecule has 2 aromatic carbocycles. The SMILES string of the molecule is O=C1C[C@H](c2cc(F)ccc2OCc2ccccc2)C1(Cl)Cl. The maximum absolute atomic E-state index is 13.6. The van der Waals surface area contributed by atoms with Gasteiger partial charge >= 0.3 is 0 Å². The highest BCUT2D eigenvalue weighted by Gasteiger charge is 2.54. The molecule has 0 N–H and O–H groups in total. The molecule has 0 aliphatic heterocycles. The molecule has 0 spiro atoms. The van der Waals surface area contributed by atoms with E-state index in [0.717, 1.165) is 5.56 Å². The van der Waals surface area contributed by atoms with Crippen molar-refractivity contribution < 1.29 is 13.9 Å². The van der Waals surface area contributed by atoms with Gasteiger partial charge in [-0.25, -0.2) is 4.39 Å². The summed E-state index contributed by atoms with van der Waals surface area (Å²) < 4.78 is 17.8. The van der Waals surface area contributed by atoms with Crippen molar-refractivity contribution in [2.75, 3.05) is 0 Å². The van der Waals surface area contributed by atoms with Gasteiger partial charge in [-0.05, 0) is 23.8 Å². The second-order valence-corrected chi connectivity index (χ2v) is 6.65. The van der Waals surface area contributed by atoms with E-state index in [0.29, 0.717) is 17.9 Å². The summed E-state index contributed by atoms with van der Waals surface area (Å²) in [5, 5.41) is 0. The summed E-state index contributed by atoms with van der Waals surface area (Å²) in [5.74, 6) is -0.622. The molecule has 22 heavy (non-hydrogen) atoms. The number of hydrogen-bond acceptors (Lipinski definition) is 2. The molecule has 3 rings (SSSR count). The minimum absolute atomic E-state index is 0.193. The van der Waals surface area contributed by atoms with Crippen LogP contribution in [0.25, 0.3) is 0 Å². The zero-order chi connectivity index (χ0) is 15.7. The van der Waals surface area contributed by atoms with Gasteiger partial charge in [0.25, 0.3) is 0 Å². The number of carbonyl (C=O) groups excluding carboxylic acids is 1. The highest BCUT2D eigenvalue weighted by molar-refractivity contribution is 6.61. The second-order valence-electron chi connectivity index (χ2n) is 5.26. The highest BCUT2D eigenvalue weighted by Crippen LogP contribution is 2.52. The lowest BCUT2D eigenvalue weighted by Crippen LogP contribution is -2.45. The molecule has 2 nitrogen and oxygen atoms in total. The summed E-state index contributed by atoms with van der Waals surface area (Å²) >= 11 is 12.1. The van der Waals surface area contributed by atoms with Crippen LogP contribution < -0.4 is 4.74 Å². The number of hydrogen-bond donors (Lipinski definition) is 0. The van der Waals surface area contributed by atoms with Crippen molar-refractivity contribution in [2.45, 2.75) is 23.3 Å². The normalized spacial score (nSPS) is 19.6. The third-order valence-electron chi connectivity index (χ3n) is 3.78. The highest BCUT2D eigenvalue weighted by atomic mass is 35.5. The third kappa shape index (κ3) is 2.83. The predicted octanol–water partition coefficient (Wildman–Crippen LogP) is 4.64. The average molecular weight is 339 g/mol. The topological polar surface area (TPSA) is 26.3 Å². The number of rotatable bonds is 4. The first kappa shape index (κ1) is 15.3. The molecule has 1 fully saturated rings. The number of carbonyl (C=O) groups is 1. The van der Waals surface area contributed by atoms with Crippen LogP contribution in [0.3, 0.4) is 0 Å². The van der Waals surface area contributed by atoms with Crippen molar-refractivity contribution in [3.8, 4) is 5.75 Å². The summed E-state index contributed by atoms with van der Waals surface area (Å²) in [5.41, 5.74) is 1.52. The van der Waals surface area contributed by atoms with Crippen LogP contribution in [0.4, 0.5) is 4.39 Å². The average Bonchev–Trinajstić information content (AvgIpc) is 2.52. The lowest BCUT2D eigenvalue weighted by molar-refractivity contribution is -0.125. The molecule has 0 amide bonds. The van der Waals surface area contributed by atoms with E-state index in [1.54, 1.807) is 6.07 Å². The van der Waals surface area contributed by atoms with Crippen LogP contribution >= 0.6 is 23.2 Å². The van der Waals surface area contributed by atoms with Crippen LogP contribution in [0.2, 0.25) is 0 Å². The monoisotopic (exact) mass is 338 g/mol. The molecule has 5 heteroatoms.